The number of carbonyl (C=O) groups excluding carboxylic acids is 3. The molecular formula is C22H22F2O8. The second-order valence-corrected chi connectivity index (χ2v) is 6.32. The Bertz CT molecular complexity index is 974. The van der Waals surface area contributed by atoms with Gasteiger partial charge in [0.2, 0.25) is 0 Å². The number of carbonyl (C=O) groups is 3. The van der Waals surface area contributed by atoms with Crippen molar-refractivity contribution < 1.29 is 46.8 Å². The van der Waals surface area contributed by atoms with Gasteiger partial charge in [0.1, 0.15) is 0 Å². The second-order valence-electron chi connectivity index (χ2n) is 6.32. The number of ketones is 2. The number of hydrogen-bond donors (Lipinski definition) is 0. The lowest BCUT2D eigenvalue weighted by atomic mass is 10.1. The topological polar surface area (TPSA) is 97.4 Å². The van der Waals surface area contributed by atoms with Crippen LogP contribution in [0.2, 0.25) is 0 Å². The zero-order chi connectivity index (χ0) is 23.7. The normalized spacial score (nSPS) is 10.4. The van der Waals surface area contributed by atoms with Crippen molar-refractivity contribution in [1.82, 2.24) is 0 Å². The fourth-order valence-electron chi connectivity index (χ4n) is 2.71. The second kappa shape index (κ2) is 11.6. The van der Waals surface area contributed by atoms with Gasteiger partial charge in [-0.05, 0) is 36.4 Å². The summed E-state index contributed by atoms with van der Waals surface area (Å²) in [6.07, 6.45) is -0.360. The third kappa shape index (κ3) is 6.66. The Morgan fingerprint density at radius 1 is 0.750 bits per heavy atom. The van der Waals surface area contributed by atoms with E-state index in [1.807, 2.05) is 0 Å². The van der Waals surface area contributed by atoms with Crippen molar-refractivity contribution in [2.75, 3.05) is 27.9 Å². The molecule has 0 heterocycles. The van der Waals surface area contributed by atoms with E-state index in [2.05, 4.69) is 4.74 Å². The number of alkyl halides is 2. The molecule has 0 unspecified atom stereocenters. The fourth-order valence-corrected chi connectivity index (χ4v) is 2.71. The average Bonchev–Trinajstić information content (AvgIpc) is 2.80. The maximum absolute atomic E-state index is 12.4. The van der Waals surface area contributed by atoms with Gasteiger partial charge < -0.3 is 23.7 Å². The Labute approximate surface area is 183 Å². The van der Waals surface area contributed by atoms with Crippen LogP contribution in [0.5, 0.6) is 23.0 Å². The van der Waals surface area contributed by atoms with E-state index in [0.29, 0.717) is 17.1 Å². The molecule has 0 saturated heterocycles. The van der Waals surface area contributed by atoms with Crippen molar-refractivity contribution in [1.29, 1.82) is 0 Å². The van der Waals surface area contributed by atoms with Crippen LogP contribution in [-0.4, -0.2) is 52.1 Å². The molecule has 0 aliphatic heterocycles. The number of halogens is 2. The SMILES string of the molecule is COc1ccc(C(=O)CCC(=O)OCC(=O)c2ccc(OC(F)F)c(OC)c2)cc1OC. The number of benzene rings is 2. The Kier molecular flexibility index (Phi) is 8.94. The summed E-state index contributed by atoms with van der Waals surface area (Å²) in [6, 6.07) is 8.24. The molecule has 172 valence electrons. The molecule has 0 fully saturated rings. The smallest absolute Gasteiger partial charge is 0.387 e. The highest BCUT2D eigenvalue weighted by Crippen LogP contribution is 2.30. The van der Waals surface area contributed by atoms with Crippen LogP contribution in [-0.2, 0) is 9.53 Å². The minimum absolute atomic E-state index is 0.0667. The number of esters is 1. The summed E-state index contributed by atoms with van der Waals surface area (Å²) in [6.45, 7) is -3.63. The Balaban J connectivity index is 1.89. The lowest BCUT2D eigenvalue weighted by Crippen LogP contribution is -2.15. The minimum atomic E-state index is -3.05. The largest absolute Gasteiger partial charge is 0.493 e. The molecule has 32 heavy (non-hydrogen) atoms. The van der Waals surface area contributed by atoms with E-state index >= 15 is 0 Å². The number of hydrogen-bond acceptors (Lipinski definition) is 8. The first kappa shape index (κ1) is 24.6. The van der Waals surface area contributed by atoms with Crippen LogP contribution in [0.25, 0.3) is 0 Å². The molecule has 2 aromatic rings. The van der Waals surface area contributed by atoms with Gasteiger partial charge in [-0.25, -0.2) is 0 Å². The van der Waals surface area contributed by atoms with Gasteiger partial charge in [-0.15, -0.1) is 0 Å². The van der Waals surface area contributed by atoms with Crippen molar-refractivity contribution in [2.45, 2.75) is 19.5 Å². The van der Waals surface area contributed by atoms with Gasteiger partial charge in [-0.1, -0.05) is 0 Å². The Hall–Kier alpha value is -3.69. The quantitative estimate of drug-likeness (QED) is 0.355. The van der Waals surface area contributed by atoms with Crippen molar-refractivity contribution >= 4 is 17.5 Å². The summed E-state index contributed by atoms with van der Waals surface area (Å²) in [7, 11) is 4.14. The molecule has 0 amide bonds. The summed E-state index contributed by atoms with van der Waals surface area (Å²) in [5, 5.41) is 0. The molecule has 0 aliphatic carbocycles. The van der Waals surface area contributed by atoms with Crippen LogP contribution in [0.3, 0.4) is 0 Å². The molecule has 10 heteroatoms. The van der Waals surface area contributed by atoms with Gasteiger partial charge in [0.25, 0.3) is 0 Å². The van der Waals surface area contributed by atoms with Crippen molar-refractivity contribution in [3.05, 3.63) is 47.5 Å². The van der Waals surface area contributed by atoms with E-state index in [4.69, 9.17) is 18.9 Å². The molecule has 2 rings (SSSR count). The van der Waals surface area contributed by atoms with E-state index < -0.39 is 25.0 Å². The number of ether oxygens (including phenoxy) is 5. The first-order valence-corrected chi connectivity index (χ1v) is 9.36. The summed E-state index contributed by atoms with van der Waals surface area (Å²) < 4.78 is 49.1. The van der Waals surface area contributed by atoms with Crippen molar-refractivity contribution in [2.24, 2.45) is 0 Å². The van der Waals surface area contributed by atoms with E-state index in [1.54, 1.807) is 12.1 Å². The van der Waals surface area contributed by atoms with Gasteiger partial charge in [0.05, 0.1) is 27.8 Å². The first-order chi connectivity index (χ1) is 15.3. The molecule has 0 saturated carbocycles. The number of Topliss-reactive ketones (excluding diaryl/α,β-unsaturated/α-hetero) is 2. The van der Waals surface area contributed by atoms with E-state index in [1.165, 1.54) is 39.5 Å². The molecule has 0 bridgehead atoms. The molecular weight excluding hydrogens is 430 g/mol. The van der Waals surface area contributed by atoms with Crippen LogP contribution in [0.4, 0.5) is 8.78 Å². The lowest BCUT2D eigenvalue weighted by molar-refractivity contribution is -0.142. The third-order valence-electron chi connectivity index (χ3n) is 4.33. The molecule has 0 aliphatic rings. The molecule has 0 spiro atoms. The summed E-state index contributed by atoms with van der Waals surface area (Å²) >= 11 is 0. The standard InChI is InChI=1S/C22H22F2O8/c1-28-17-7-4-13(10-19(17)29-2)15(25)6-9-21(27)31-12-16(26)14-5-8-18(32-22(23)24)20(11-14)30-3/h4-5,7-8,10-11,22H,6,9,12H2,1-3H3. The predicted molar refractivity (Wildman–Crippen MR) is 108 cm³/mol. The van der Waals surface area contributed by atoms with Crippen LogP contribution in [0.15, 0.2) is 36.4 Å². The maximum atomic E-state index is 12.4. The summed E-state index contributed by atoms with van der Waals surface area (Å²) in [4.78, 5) is 36.5. The maximum Gasteiger partial charge on any atom is 0.387 e. The average molecular weight is 452 g/mol. The monoisotopic (exact) mass is 452 g/mol. The first-order valence-electron chi connectivity index (χ1n) is 9.36. The van der Waals surface area contributed by atoms with Gasteiger partial charge in [0.15, 0.2) is 41.2 Å². The van der Waals surface area contributed by atoms with E-state index in [-0.39, 0.29) is 35.7 Å². The fraction of sp³-hybridized carbons (Fsp3) is 0.318. The highest BCUT2D eigenvalue weighted by Gasteiger charge is 2.17. The predicted octanol–water partition coefficient (Wildman–Crippen LogP) is 3.70. The Morgan fingerprint density at radius 3 is 1.84 bits per heavy atom. The summed E-state index contributed by atoms with van der Waals surface area (Å²) in [5.41, 5.74) is 0.419. The molecule has 8 nitrogen and oxygen atoms in total. The van der Waals surface area contributed by atoms with Gasteiger partial charge in [0, 0.05) is 17.5 Å². The molecule has 2 aromatic carbocycles. The van der Waals surface area contributed by atoms with Gasteiger partial charge in [-0.3, -0.25) is 14.4 Å². The third-order valence-corrected chi connectivity index (χ3v) is 4.33. The molecule has 0 aromatic heterocycles. The minimum Gasteiger partial charge on any atom is -0.493 e. The zero-order valence-electron chi connectivity index (χ0n) is 17.7. The lowest BCUT2D eigenvalue weighted by Gasteiger charge is -2.11. The summed E-state index contributed by atoms with van der Waals surface area (Å²) in [5.74, 6) is -1.08. The molecule has 0 atom stereocenters. The van der Waals surface area contributed by atoms with Crippen LogP contribution >= 0.6 is 0 Å². The van der Waals surface area contributed by atoms with Crippen LogP contribution in [0.1, 0.15) is 33.6 Å². The van der Waals surface area contributed by atoms with Crippen molar-refractivity contribution in [3.8, 4) is 23.0 Å². The Morgan fingerprint density at radius 2 is 1.28 bits per heavy atom. The van der Waals surface area contributed by atoms with Crippen molar-refractivity contribution in [3.63, 3.8) is 0 Å². The molecule has 0 N–H and O–H groups in total. The zero-order valence-corrected chi connectivity index (χ0v) is 17.7. The molecule has 0 radical (unpaired) electrons. The van der Waals surface area contributed by atoms with Crippen LogP contribution in [0, 0.1) is 0 Å². The van der Waals surface area contributed by atoms with E-state index in [0.717, 1.165) is 6.07 Å². The van der Waals surface area contributed by atoms with Gasteiger partial charge in [-0.2, -0.15) is 8.78 Å². The number of methoxy groups -OCH3 is 3. The number of rotatable bonds is 12. The van der Waals surface area contributed by atoms with E-state index in [9.17, 15) is 23.2 Å². The highest BCUT2D eigenvalue weighted by atomic mass is 19.3. The highest BCUT2D eigenvalue weighted by molar-refractivity contribution is 5.99. The van der Waals surface area contributed by atoms with Gasteiger partial charge >= 0.3 is 12.6 Å². The van der Waals surface area contributed by atoms with Crippen LogP contribution < -0.4 is 18.9 Å².